The standard InChI is InChI=1S/C18H24N4/c1-21(2)18-12-15(8-10-20-18)16-6-5-11-22(13-16)14-17-7-3-4-9-19-17/h3-4,7-10,12,16H,5-6,11,13-14H2,1-2H3/t16-/m1/s1. The van der Waals surface area contributed by atoms with Crippen LogP contribution in [0, 0.1) is 0 Å². The number of hydrogen-bond donors (Lipinski definition) is 0. The van der Waals surface area contributed by atoms with Gasteiger partial charge in [0.1, 0.15) is 5.82 Å². The first-order valence-electron chi connectivity index (χ1n) is 7.98. The van der Waals surface area contributed by atoms with E-state index in [1.54, 1.807) is 0 Å². The minimum Gasteiger partial charge on any atom is -0.363 e. The third-order valence-corrected chi connectivity index (χ3v) is 4.32. The topological polar surface area (TPSA) is 32.3 Å². The zero-order valence-corrected chi connectivity index (χ0v) is 13.4. The highest BCUT2D eigenvalue weighted by molar-refractivity contribution is 5.40. The normalized spacial score (nSPS) is 19.1. The summed E-state index contributed by atoms with van der Waals surface area (Å²) in [5, 5.41) is 0. The molecule has 1 aliphatic heterocycles. The second kappa shape index (κ2) is 6.88. The zero-order valence-electron chi connectivity index (χ0n) is 13.4. The highest BCUT2D eigenvalue weighted by Crippen LogP contribution is 2.28. The van der Waals surface area contributed by atoms with E-state index in [-0.39, 0.29) is 0 Å². The van der Waals surface area contributed by atoms with Crippen molar-refractivity contribution in [3.8, 4) is 0 Å². The molecule has 2 aromatic heterocycles. The largest absolute Gasteiger partial charge is 0.363 e. The van der Waals surface area contributed by atoms with Crippen LogP contribution in [0.25, 0.3) is 0 Å². The fourth-order valence-corrected chi connectivity index (χ4v) is 3.12. The molecular formula is C18H24N4. The molecule has 1 fully saturated rings. The summed E-state index contributed by atoms with van der Waals surface area (Å²) in [6.45, 7) is 3.22. The molecule has 3 rings (SSSR count). The number of likely N-dealkylation sites (tertiary alicyclic amines) is 1. The average molecular weight is 296 g/mol. The third-order valence-electron chi connectivity index (χ3n) is 4.32. The number of anilines is 1. The van der Waals surface area contributed by atoms with E-state index in [0.29, 0.717) is 5.92 Å². The van der Waals surface area contributed by atoms with Crippen LogP contribution in [-0.2, 0) is 6.54 Å². The van der Waals surface area contributed by atoms with Gasteiger partial charge in [0.2, 0.25) is 0 Å². The molecule has 1 aliphatic rings. The van der Waals surface area contributed by atoms with Gasteiger partial charge in [0, 0.05) is 39.6 Å². The molecule has 1 atom stereocenters. The van der Waals surface area contributed by atoms with E-state index in [2.05, 4.69) is 44.0 Å². The first kappa shape index (κ1) is 15.0. The van der Waals surface area contributed by atoms with E-state index in [1.165, 1.54) is 24.9 Å². The molecule has 0 radical (unpaired) electrons. The van der Waals surface area contributed by atoms with Gasteiger partial charge in [-0.2, -0.15) is 0 Å². The monoisotopic (exact) mass is 296 g/mol. The Morgan fingerprint density at radius 2 is 2.09 bits per heavy atom. The van der Waals surface area contributed by atoms with Crippen LogP contribution in [0.15, 0.2) is 42.7 Å². The van der Waals surface area contributed by atoms with Crippen LogP contribution in [0.1, 0.15) is 30.0 Å². The summed E-state index contributed by atoms with van der Waals surface area (Å²) in [4.78, 5) is 13.5. The van der Waals surface area contributed by atoms with E-state index in [4.69, 9.17) is 0 Å². The Morgan fingerprint density at radius 3 is 2.86 bits per heavy atom. The molecule has 4 heteroatoms. The Bertz CT molecular complexity index is 597. The van der Waals surface area contributed by atoms with E-state index < -0.39 is 0 Å². The number of nitrogens with zero attached hydrogens (tertiary/aromatic N) is 4. The summed E-state index contributed by atoms with van der Waals surface area (Å²) in [5.74, 6) is 1.64. The summed E-state index contributed by atoms with van der Waals surface area (Å²) in [7, 11) is 4.08. The Labute approximate surface area is 132 Å². The lowest BCUT2D eigenvalue weighted by Crippen LogP contribution is -2.34. The average Bonchev–Trinajstić information content (AvgIpc) is 2.56. The summed E-state index contributed by atoms with van der Waals surface area (Å²) in [6, 6.07) is 10.6. The SMILES string of the molecule is CN(C)c1cc([C@@H]2CCCN(Cc3ccccn3)C2)ccn1. The quantitative estimate of drug-likeness (QED) is 0.868. The number of piperidine rings is 1. The molecule has 0 bridgehead atoms. The van der Waals surface area contributed by atoms with Gasteiger partial charge in [-0.1, -0.05) is 6.07 Å². The van der Waals surface area contributed by atoms with Gasteiger partial charge in [-0.3, -0.25) is 9.88 Å². The Balaban J connectivity index is 1.69. The molecule has 0 saturated carbocycles. The summed E-state index contributed by atoms with van der Waals surface area (Å²) in [6.07, 6.45) is 6.32. The van der Waals surface area contributed by atoms with E-state index >= 15 is 0 Å². The van der Waals surface area contributed by atoms with Crippen LogP contribution in [0.3, 0.4) is 0 Å². The van der Waals surface area contributed by atoms with E-state index in [9.17, 15) is 0 Å². The lowest BCUT2D eigenvalue weighted by molar-refractivity contribution is 0.198. The van der Waals surface area contributed by atoms with Crippen LogP contribution in [0.5, 0.6) is 0 Å². The van der Waals surface area contributed by atoms with Crippen LogP contribution >= 0.6 is 0 Å². The predicted molar refractivity (Wildman–Crippen MR) is 90.1 cm³/mol. The fraction of sp³-hybridized carbons (Fsp3) is 0.444. The van der Waals surface area contributed by atoms with Crippen molar-refractivity contribution in [3.63, 3.8) is 0 Å². The van der Waals surface area contributed by atoms with Crippen LogP contribution in [0.4, 0.5) is 5.82 Å². The minimum absolute atomic E-state index is 0.596. The van der Waals surface area contributed by atoms with E-state index in [0.717, 1.165) is 24.6 Å². The van der Waals surface area contributed by atoms with Gasteiger partial charge in [0.05, 0.1) is 5.69 Å². The molecule has 4 nitrogen and oxygen atoms in total. The summed E-state index contributed by atoms with van der Waals surface area (Å²) < 4.78 is 0. The Hall–Kier alpha value is -1.94. The maximum atomic E-state index is 4.45. The molecule has 22 heavy (non-hydrogen) atoms. The molecule has 1 saturated heterocycles. The van der Waals surface area contributed by atoms with Crippen LogP contribution in [-0.4, -0.2) is 42.1 Å². The van der Waals surface area contributed by atoms with Gasteiger partial charge < -0.3 is 4.90 Å². The summed E-state index contributed by atoms with van der Waals surface area (Å²) in [5.41, 5.74) is 2.57. The van der Waals surface area contributed by atoms with Gasteiger partial charge >= 0.3 is 0 Å². The Morgan fingerprint density at radius 1 is 1.18 bits per heavy atom. The number of hydrogen-bond acceptors (Lipinski definition) is 4. The highest BCUT2D eigenvalue weighted by Gasteiger charge is 2.22. The zero-order chi connectivity index (χ0) is 15.4. The van der Waals surface area contributed by atoms with Crippen molar-refractivity contribution in [2.45, 2.75) is 25.3 Å². The second-order valence-electron chi connectivity index (χ2n) is 6.24. The molecule has 0 unspecified atom stereocenters. The van der Waals surface area contributed by atoms with Gasteiger partial charge in [0.15, 0.2) is 0 Å². The molecule has 0 amide bonds. The van der Waals surface area contributed by atoms with Crippen LogP contribution < -0.4 is 4.90 Å². The molecule has 2 aromatic rings. The molecule has 116 valence electrons. The first-order chi connectivity index (χ1) is 10.7. The lowest BCUT2D eigenvalue weighted by Gasteiger charge is -2.33. The van der Waals surface area contributed by atoms with Crippen molar-refractivity contribution in [1.29, 1.82) is 0 Å². The van der Waals surface area contributed by atoms with Crippen molar-refractivity contribution in [2.75, 3.05) is 32.1 Å². The predicted octanol–water partition coefficient (Wildman–Crippen LogP) is 2.92. The highest BCUT2D eigenvalue weighted by atomic mass is 15.1. The molecule has 0 N–H and O–H groups in total. The molecule has 3 heterocycles. The van der Waals surface area contributed by atoms with Crippen molar-refractivity contribution in [1.82, 2.24) is 14.9 Å². The number of aromatic nitrogens is 2. The van der Waals surface area contributed by atoms with Gasteiger partial charge in [-0.15, -0.1) is 0 Å². The Kier molecular flexibility index (Phi) is 4.68. The molecule has 0 spiro atoms. The first-order valence-corrected chi connectivity index (χ1v) is 7.98. The molecular weight excluding hydrogens is 272 g/mol. The molecule has 0 aromatic carbocycles. The minimum atomic E-state index is 0.596. The maximum Gasteiger partial charge on any atom is 0.128 e. The van der Waals surface area contributed by atoms with Crippen molar-refractivity contribution >= 4 is 5.82 Å². The second-order valence-corrected chi connectivity index (χ2v) is 6.24. The fourth-order valence-electron chi connectivity index (χ4n) is 3.12. The van der Waals surface area contributed by atoms with E-state index in [1.807, 2.05) is 32.6 Å². The summed E-state index contributed by atoms with van der Waals surface area (Å²) >= 11 is 0. The molecule has 0 aliphatic carbocycles. The number of rotatable bonds is 4. The van der Waals surface area contributed by atoms with Crippen LogP contribution in [0.2, 0.25) is 0 Å². The van der Waals surface area contributed by atoms with Gasteiger partial charge in [-0.25, -0.2) is 4.98 Å². The smallest absolute Gasteiger partial charge is 0.128 e. The third kappa shape index (κ3) is 3.63. The lowest BCUT2D eigenvalue weighted by atomic mass is 9.91. The van der Waals surface area contributed by atoms with Crippen molar-refractivity contribution in [2.24, 2.45) is 0 Å². The maximum absolute atomic E-state index is 4.45. The number of pyridine rings is 2. The van der Waals surface area contributed by atoms with Crippen molar-refractivity contribution < 1.29 is 0 Å². The van der Waals surface area contributed by atoms with Crippen molar-refractivity contribution in [3.05, 3.63) is 54.0 Å². The van der Waals surface area contributed by atoms with Gasteiger partial charge in [0.25, 0.3) is 0 Å². The van der Waals surface area contributed by atoms with Gasteiger partial charge in [-0.05, 0) is 55.1 Å².